The fraction of sp³-hybridized carbons (Fsp3) is 0.308. The van der Waals surface area contributed by atoms with Crippen LogP contribution in [0.25, 0.3) is 11.0 Å². The number of para-hydroxylation sites is 2. The summed E-state index contributed by atoms with van der Waals surface area (Å²) in [5.74, 6) is 0. The molecule has 0 aliphatic carbocycles. The van der Waals surface area contributed by atoms with E-state index in [1.807, 2.05) is 31.2 Å². The summed E-state index contributed by atoms with van der Waals surface area (Å²) in [6.07, 6.45) is 2.60. The maximum absolute atomic E-state index is 11.4. The number of carbonyl (C=O) groups is 1. The van der Waals surface area contributed by atoms with E-state index in [0.29, 0.717) is 13.1 Å². The summed E-state index contributed by atoms with van der Waals surface area (Å²) in [5, 5.41) is 5.49. The molecule has 94 valence electrons. The van der Waals surface area contributed by atoms with Crippen LogP contribution in [-0.2, 0) is 6.54 Å². The number of nitrogens with zero attached hydrogens (tertiary/aromatic N) is 2. The zero-order valence-electron chi connectivity index (χ0n) is 10.3. The van der Waals surface area contributed by atoms with E-state index >= 15 is 0 Å². The molecule has 1 aromatic heterocycles. The van der Waals surface area contributed by atoms with Crippen molar-refractivity contribution < 1.29 is 4.79 Å². The summed E-state index contributed by atoms with van der Waals surface area (Å²) in [5.41, 5.74) is 2.45. The third kappa shape index (κ3) is 3.16. The Morgan fingerprint density at radius 3 is 2.78 bits per heavy atom. The number of urea groups is 1. The van der Waals surface area contributed by atoms with Crippen molar-refractivity contribution in [1.82, 2.24) is 20.6 Å². The highest BCUT2D eigenvalue weighted by Crippen LogP contribution is 2.07. The quantitative estimate of drug-likeness (QED) is 0.862. The van der Waals surface area contributed by atoms with Gasteiger partial charge < -0.3 is 10.6 Å². The van der Waals surface area contributed by atoms with Gasteiger partial charge in [0.05, 0.1) is 29.5 Å². The highest BCUT2D eigenvalue weighted by Gasteiger charge is 2.02. The second kappa shape index (κ2) is 5.95. The fourth-order valence-corrected chi connectivity index (χ4v) is 1.55. The highest BCUT2D eigenvalue weighted by atomic mass is 16.2. The van der Waals surface area contributed by atoms with Gasteiger partial charge in [-0.25, -0.2) is 9.78 Å². The Hall–Kier alpha value is -2.17. The maximum Gasteiger partial charge on any atom is 0.315 e. The van der Waals surface area contributed by atoms with Gasteiger partial charge in [0.2, 0.25) is 0 Å². The van der Waals surface area contributed by atoms with E-state index in [9.17, 15) is 4.79 Å². The summed E-state index contributed by atoms with van der Waals surface area (Å²) >= 11 is 0. The maximum atomic E-state index is 11.4. The lowest BCUT2D eigenvalue weighted by Crippen LogP contribution is -2.35. The molecule has 0 saturated heterocycles. The van der Waals surface area contributed by atoms with Gasteiger partial charge in [0.1, 0.15) is 0 Å². The smallest absolute Gasteiger partial charge is 0.315 e. The molecule has 5 nitrogen and oxygen atoms in total. The molecule has 2 aromatic rings. The first-order valence-corrected chi connectivity index (χ1v) is 6.02. The molecule has 0 radical (unpaired) electrons. The van der Waals surface area contributed by atoms with Crippen LogP contribution in [0.5, 0.6) is 0 Å². The van der Waals surface area contributed by atoms with Crippen molar-refractivity contribution in [3.05, 3.63) is 36.2 Å². The third-order valence-corrected chi connectivity index (χ3v) is 2.46. The summed E-state index contributed by atoms with van der Waals surface area (Å²) in [6, 6.07) is 7.48. The second-order valence-corrected chi connectivity index (χ2v) is 3.96. The number of aromatic nitrogens is 2. The van der Waals surface area contributed by atoms with Crippen LogP contribution in [0.3, 0.4) is 0 Å². The average Bonchev–Trinajstić information content (AvgIpc) is 2.42. The van der Waals surface area contributed by atoms with Crippen LogP contribution in [0.15, 0.2) is 30.5 Å². The molecule has 18 heavy (non-hydrogen) atoms. The molecule has 0 aliphatic rings. The van der Waals surface area contributed by atoms with Crippen LogP contribution in [0.2, 0.25) is 0 Å². The van der Waals surface area contributed by atoms with E-state index in [2.05, 4.69) is 20.6 Å². The van der Waals surface area contributed by atoms with Crippen molar-refractivity contribution >= 4 is 17.1 Å². The Labute approximate surface area is 106 Å². The molecule has 2 amide bonds. The largest absolute Gasteiger partial charge is 0.338 e. The topological polar surface area (TPSA) is 66.9 Å². The molecule has 1 aromatic carbocycles. The number of benzene rings is 1. The van der Waals surface area contributed by atoms with E-state index in [0.717, 1.165) is 23.1 Å². The predicted molar refractivity (Wildman–Crippen MR) is 70.1 cm³/mol. The van der Waals surface area contributed by atoms with E-state index in [-0.39, 0.29) is 6.03 Å². The molecule has 0 spiro atoms. The van der Waals surface area contributed by atoms with Crippen molar-refractivity contribution in [3.8, 4) is 0 Å². The van der Waals surface area contributed by atoms with Gasteiger partial charge in [-0.05, 0) is 18.6 Å². The van der Waals surface area contributed by atoms with Crippen LogP contribution in [-0.4, -0.2) is 22.5 Å². The second-order valence-electron chi connectivity index (χ2n) is 3.96. The minimum atomic E-state index is -0.174. The Morgan fingerprint density at radius 2 is 2.00 bits per heavy atom. The van der Waals surface area contributed by atoms with E-state index < -0.39 is 0 Å². The van der Waals surface area contributed by atoms with E-state index in [1.165, 1.54) is 0 Å². The third-order valence-electron chi connectivity index (χ3n) is 2.46. The number of hydrogen-bond acceptors (Lipinski definition) is 3. The number of amides is 2. The zero-order chi connectivity index (χ0) is 12.8. The van der Waals surface area contributed by atoms with E-state index in [4.69, 9.17) is 0 Å². The van der Waals surface area contributed by atoms with Crippen molar-refractivity contribution in [3.63, 3.8) is 0 Å². The molecule has 0 saturated carbocycles. The monoisotopic (exact) mass is 244 g/mol. The lowest BCUT2D eigenvalue weighted by atomic mass is 10.3. The van der Waals surface area contributed by atoms with Gasteiger partial charge in [0.25, 0.3) is 0 Å². The molecule has 2 N–H and O–H groups in total. The number of fused-ring (bicyclic) bond motifs is 1. The van der Waals surface area contributed by atoms with Crippen LogP contribution in [0.4, 0.5) is 4.79 Å². The van der Waals surface area contributed by atoms with Gasteiger partial charge in [0.15, 0.2) is 0 Å². The normalized spacial score (nSPS) is 10.3. The molecular formula is C13H16N4O. The van der Waals surface area contributed by atoms with Crippen molar-refractivity contribution in [2.45, 2.75) is 19.9 Å². The lowest BCUT2D eigenvalue weighted by Gasteiger charge is -2.06. The minimum absolute atomic E-state index is 0.174. The fourth-order valence-electron chi connectivity index (χ4n) is 1.55. The standard InChI is InChI=1S/C13H16N4O/c1-2-7-14-13(18)16-9-10-8-15-11-5-3-4-6-12(11)17-10/h3-6,8H,2,7,9H2,1H3,(H2,14,16,18). The van der Waals surface area contributed by atoms with Gasteiger partial charge in [-0.2, -0.15) is 0 Å². The van der Waals surface area contributed by atoms with Gasteiger partial charge >= 0.3 is 6.03 Å². The molecular weight excluding hydrogens is 228 g/mol. The van der Waals surface area contributed by atoms with Gasteiger partial charge in [-0.15, -0.1) is 0 Å². The highest BCUT2D eigenvalue weighted by molar-refractivity contribution is 5.74. The van der Waals surface area contributed by atoms with Gasteiger partial charge in [-0.1, -0.05) is 19.1 Å². The first-order chi connectivity index (χ1) is 8.79. The minimum Gasteiger partial charge on any atom is -0.338 e. The number of carbonyl (C=O) groups excluding carboxylic acids is 1. The zero-order valence-corrected chi connectivity index (χ0v) is 10.3. The Morgan fingerprint density at radius 1 is 1.22 bits per heavy atom. The molecule has 0 unspecified atom stereocenters. The van der Waals surface area contributed by atoms with Crippen LogP contribution < -0.4 is 10.6 Å². The Balaban J connectivity index is 1.97. The molecule has 5 heteroatoms. The molecule has 0 fully saturated rings. The summed E-state index contributed by atoms with van der Waals surface area (Å²) < 4.78 is 0. The van der Waals surface area contributed by atoms with Crippen molar-refractivity contribution in [2.24, 2.45) is 0 Å². The number of rotatable bonds is 4. The summed E-state index contributed by atoms with van der Waals surface area (Å²) in [6.45, 7) is 3.07. The molecule has 0 aliphatic heterocycles. The Bertz CT molecular complexity index is 541. The average molecular weight is 244 g/mol. The van der Waals surface area contributed by atoms with E-state index in [1.54, 1.807) is 6.20 Å². The van der Waals surface area contributed by atoms with Crippen molar-refractivity contribution in [1.29, 1.82) is 0 Å². The molecule has 2 rings (SSSR count). The van der Waals surface area contributed by atoms with Crippen LogP contribution in [0, 0.1) is 0 Å². The SMILES string of the molecule is CCCNC(=O)NCc1cnc2ccccc2n1. The van der Waals surface area contributed by atoms with Crippen molar-refractivity contribution in [2.75, 3.05) is 6.54 Å². The molecule has 1 heterocycles. The Kier molecular flexibility index (Phi) is 4.06. The number of nitrogens with one attached hydrogen (secondary N) is 2. The number of hydrogen-bond donors (Lipinski definition) is 2. The summed E-state index contributed by atoms with van der Waals surface area (Å²) in [4.78, 5) is 20.1. The molecule has 0 bridgehead atoms. The molecule has 0 atom stereocenters. The van der Waals surface area contributed by atoms with Gasteiger partial charge in [0, 0.05) is 6.54 Å². The first-order valence-electron chi connectivity index (χ1n) is 6.02. The lowest BCUT2D eigenvalue weighted by molar-refractivity contribution is 0.240. The van der Waals surface area contributed by atoms with Crippen LogP contribution >= 0.6 is 0 Å². The summed E-state index contributed by atoms with van der Waals surface area (Å²) in [7, 11) is 0. The predicted octanol–water partition coefficient (Wildman–Crippen LogP) is 1.84. The van der Waals surface area contributed by atoms with Gasteiger partial charge in [-0.3, -0.25) is 4.98 Å². The van der Waals surface area contributed by atoms with Crippen LogP contribution in [0.1, 0.15) is 19.0 Å². The first kappa shape index (κ1) is 12.3.